The van der Waals surface area contributed by atoms with E-state index in [0.717, 1.165) is 0 Å². The number of aliphatic carboxylic acids is 1. The molecule has 1 aromatic heterocycles. The van der Waals surface area contributed by atoms with Gasteiger partial charge in [0.1, 0.15) is 42.1 Å². The molecule has 0 saturated carbocycles. The first-order valence-electron chi connectivity index (χ1n) is 16.7. The summed E-state index contributed by atoms with van der Waals surface area (Å²) in [6.07, 6.45) is 2.22. The van der Waals surface area contributed by atoms with Crippen LogP contribution in [-0.2, 0) is 24.6 Å². The molecule has 53 heavy (non-hydrogen) atoms. The Morgan fingerprint density at radius 3 is 2.34 bits per heavy atom. The third-order valence-electron chi connectivity index (χ3n) is 8.82. The molecule has 12 nitrogen and oxygen atoms in total. The zero-order chi connectivity index (χ0) is 38.1. The summed E-state index contributed by atoms with van der Waals surface area (Å²) in [6.45, 7) is 2.66. The van der Waals surface area contributed by atoms with Gasteiger partial charge < -0.3 is 34.6 Å². The number of β-amino-alcohol motifs (C(OH)–C–C–N with tert-alkyl or cyclic N) is 2. The summed E-state index contributed by atoms with van der Waals surface area (Å²) in [7, 11) is 0. The average molecular weight is 786 g/mol. The number of hydrogen-bond donors (Lipinski definition) is 5. The SMILES string of the molecule is CC(CO)(NCc1cc(Cl)c(OCc2cccc(-c3cccc(OCCCN4C[C@@H](O)[C@H](O)C4)c3Cl)c2Cl)cc1OCc1cncc(C#N)c1)C(=O)O. The zero-order valence-corrected chi connectivity index (χ0v) is 31.0. The molecule has 1 unspecified atom stereocenters. The number of halogens is 3. The van der Waals surface area contributed by atoms with Gasteiger partial charge in [0, 0.05) is 72.5 Å². The van der Waals surface area contributed by atoms with Gasteiger partial charge in [0.25, 0.3) is 0 Å². The van der Waals surface area contributed by atoms with Crippen LogP contribution in [0.2, 0.25) is 15.1 Å². The highest BCUT2D eigenvalue weighted by atomic mass is 35.5. The van der Waals surface area contributed by atoms with Gasteiger partial charge in [0.15, 0.2) is 0 Å². The second-order valence-corrected chi connectivity index (χ2v) is 14.0. The minimum atomic E-state index is -1.62. The molecule has 0 aliphatic carbocycles. The number of carboxylic acid groups (broad SMARTS) is 1. The number of ether oxygens (including phenoxy) is 3. The van der Waals surface area contributed by atoms with Gasteiger partial charge in [-0.05, 0) is 31.5 Å². The van der Waals surface area contributed by atoms with Crippen LogP contribution in [0, 0.1) is 11.3 Å². The minimum absolute atomic E-state index is 0.0146. The van der Waals surface area contributed by atoms with Gasteiger partial charge in [-0.15, -0.1) is 0 Å². The summed E-state index contributed by atoms with van der Waals surface area (Å²) in [5, 5.41) is 52.0. The lowest BCUT2D eigenvalue weighted by Crippen LogP contribution is -2.52. The van der Waals surface area contributed by atoms with E-state index >= 15 is 0 Å². The number of aliphatic hydroxyl groups is 3. The Labute approximate surface area is 322 Å². The van der Waals surface area contributed by atoms with E-state index in [1.54, 1.807) is 30.5 Å². The number of hydrogen-bond acceptors (Lipinski definition) is 11. The fourth-order valence-electron chi connectivity index (χ4n) is 5.62. The molecule has 2 heterocycles. The standard InChI is InChI=1S/C38H39Cl3N4O8/c1-38(22-46,37(49)50)44-17-26-12-29(39)34(13-33(26)52-20-24-11-23(14-42)15-43-16-24)53-21-25-5-2-6-27(35(25)40)28-7-3-8-32(36(28)41)51-10-4-9-45-18-30(47)31(48)19-45/h2-3,5-8,11-13,15-16,30-31,44,46-48H,4,9-10,17-22H2,1H3,(H,49,50)/t30-,31-,38?/m1/s1. The summed E-state index contributed by atoms with van der Waals surface area (Å²) in [6, 6.07) is 17.8. The molecule has 5 rings (SSSR count). The van der Waals surface area contributed by atoms with Crippen LogP contribution in [-0.4, -0.2) is 86.9 Å². The summed E-state index contributed by atoms with van der Waals surface area (Å²) in [5.41, 5.74) is 1.85. The fraction of sp³-hybridized carbons (Fsp3) is 0.342. The number of aliphatic hydroxyl groups excluding tert-OH is 3. The van der Waals surface area contributed by atoms with Crippen molar-refractivity contribution in [1.82, 2.24) is 15.2 Å². The molecule has 4 aromatic rings. The number of nitriles is 1. The molecular formula is C38H39Cl3N4O8. The predicted molar refractivity (Wildman–Crippen MR) is 199 cm³/mol. The number of carbonyl (C=O) groups is 1. The largest absolute Gasteiger partial charge is 0.492 e. The van der Waals surface area contributed by atoms with E-state index in [4.69, 9.17) is 49.0 Å². The van der Waals surface area contributed by atoms with Gasteiger partial charge in [0.05, 0.1) is 46.1 Å². The highest BCUT2D eigenvalue weighted by Crippen LogP contribution is 2.40. The summed E-state index contributed by atoms with van der Waals surface area (Å²) < 4.78 is 18.3. The van der Waals surface area contributed by atoms with Crippen molar-refractivity contribution < 1.29 is 39.4 Å². The number of likely N-dealkylation sites (tertiary alicyclic amines) is 1. The minimum Gasteiger partial charge on any atom is -0.492 e. The number of carboxylic acids is 1. The number of aromatic nitrogens is 1. The van der Waals surface area contributed by atoms with Crippen molar-refractivity contribution in [2.75, 3.05) is 32.8 Å². The second kappa shape index (κ2) is 18.2. The van der Waals surface area contributed by atoms with E-state index in [1.807, 2.05) is 41.3 Å². The van der Waals surface area contributed by atoms with Gasteiger partial charge >= 0.3 is 5.97 Å². The van der Waals surface area contributed by atoms with Gasteiger partial charge in [-0.2, -0.15) is 5.26 Å². The van der Waals surface area contributed by atoms with Gasteiger partial charge in [-0.1, -0.05) is 65.1 Å². The quantitative estimate of drug-likeness (QED) is 0.0855. The van der Waals surface area contributed by atoms with Crippen molar-refractivity contribution in [3.05, 3.63) is 104 Å². The number of pyridine rings is 1. The van der Waals surface area contributed by atoms with Gasteiger partial charge in [-0.25, -0.2) is 0 Å². The fourth-order valence-corrected chi connectivity index (χ4v) is 6.43. The van der Waals surface area contributed by atoms with Crippen molar-refractivity contribution in [3.8, 4) is 34.4 Å². The van der Waals surface area contributed by atoms with E-state index in [2.05, 4.69) is 10.3 Å². The summed E-state index contributed by atoms with van der Waals surface area (Å²) in [5.74, 6) is -0.144. The molecule has 0 bridgehead atoms. The van der Waals surface area contributed by atoms with Crippen LogP contribution in [0.3, 0.4) is 0 Å². The first kappa shape index (κ1) is 40.0. The maximum atomic E-state index is 11.8. The molecule has 1 saturated heterocycles. The van der Waals surface area contributed by atoms with Crippen molar-refractivity contribution in [2.45, 2.75) is 50.8 Å². The third-order valence-corrected chi connectivity index (χ3v) is 9.95. The first-order chi connectivity index (χ1) is 25.4. The van der Waals surface area contributed by atoms with Crippen molar-refractivity contribution in [1.29, 1.82) is 5.26 Å². The first-order valence-corrected chi connectivity index (χ1v) is 17.8. The molecule has 5 N–H and O–H groups in total. The molecule has 280 valence electrons. The Balaban J connectivity index is 1.31. The summed E-state index contributed by atoms with van der Waals surface area (Å²) >= 11 is 20.4. The van der Waals surface area contributed by atoms with Crippen molar-refractivity contribution in [2.24, 2.45) is 0 Å². The van der Waals surface area contributed by atoms with Crippen LogP contribution < -0.4 is 19.5 Å². The summed E-state index contributed by atoms with van der Waals surface area (Å²) in [4.78, 5) is 17.8. The lowest BCUT2D eigenvalue weighted by atomic mass is 10.0. The Hall–Kier alpha value is -4.16. The number of rotatable bonds is 17. The van der Waals surface area contributed by atoms with Gasteiger partial charge in [-0.3, -0.25) is 20.0 Å². The number of nitrogens with one attached hydrogen (secondary N) is 1. The van der Waals surface area contributed by atoms with Crippen molar-refractivity contribution in [3.63, 3.8) is 0 Å². The molecule has 0 spiro atoms. The van der Waals surface area contributed by atoms with Crippen molar-refractivity contribution >= 4 is 40.8 Å². The molecule has 0 amide bonds. The Kier molecular flexibility index (Phi) is 13.8. The third kappa shape index (κ3) is 10.1. The van der Waals surface area contributed by atoms with E-state index in [-0.39, 0.29) is 30.5 Å². The van der Waals surface area contributed by atoms with E-state index in [0.29, 0.717) is 87.6 Å². The topological polar surface area (TPSA) is 178 Å². The van der Waals surface area contributed by atoms with Gasteiger partial charge in [0.2, 0.25) is 0 Å². The maximum absolute atomic E-state index is 11.8. The number of nitrogens with zero attached hydrogens (tertiary/aromatic N) is 3. The zero-order valence-electron chi connectivity index (χ0n) is 28.8. The average Bonchev–Trinajstić information content (AvgIpc) is 3.48. The lowest BCUT2D eigenvalue weighted by Gasteiger charge is -2.25. The van der Waals surface area contributed by atoms with E-state index in [9.17, 15) is 30.5 Å². The Bertz CT molecular complexity index is 1950. The van der Waals surface area contributed by atoms with E-state index in [1.165, 1.54) is 13.1 Å². The van der Waals surface area contributed by atoms with Crippen LogP contribution in [0.5, 0.6) is 17.2 Å². The van der Waals surface area contributed by atoms with Crippen LogP contribution in [0.25, 0.3) is 11.1 Å². The van der Waals surface area contributed by atoms with Crippen LogP contribution in [0.1, 0.15) is 35.6 Å². The van der Waals surface area contributed by atoms with Crippen LogP contribution >= 0.6 is 34.8 Å². The lowest BCUT2D eigenvalue weighted by molar-refractivity contribution is -0.145. The van der Waals surface area contributed by atoms with E-state index < -0.39 is 30.3 Å². The molecule has 1 fully saturated rings. The second-order valence-electron chi connectivity index (χ2n) is 12.8. The molecular weight excluding hydrogens is 747 g/mol. The van der Waals surface area contributed by atoms with Crippen LogP contribution in [0.4, 0.5) is 0 Å². The maximum Gasteiger partial charge on any atom is 0.326 e. The molecule has 1 aliphatic heterocycles. The smallest absolute Gasteiger partial charge is 0.326 e. The number of benzene rings is 3. The predicted octanol–water partition coefficient (Wildman–Crippen LogP) is 5.47. The normalized spacial score (nSPS) is 16.9. The molecule has 0 radical (unpaired) electrons. The Morgan fingerprint density at radius 1 is 0.943 bits per heavy atom. The highest BCUT2D eigenvalue weighted by molar-refractivity contribution is 6.37. The molecule has 1 aliphatic rings. The molecule has 3 aromatic carbocycles. The monoisotopic (exact) mass is 784 g/mol. The molecule has 3 atom stereocenters. The molecule has 15 heteroatoms. The highest BCUT2D eigenvalue weighted by Gasteiger charge is 2.32. The van der Waals surface area contributed by atoms with Crippen LogP contribution in [0.15, 0.2) is 67.0 Å². The Morgan fingerprint density at radius 2 is 1.64 bits per heavy atom.